The van der Waals surface area contributed by atoms with Gasteiger partial charge in [-0.2, -0.15) is 12.7 Å². The Morgan fingerprint density at radius 3 is 2.18 bits per heavy atom. The van der Waals surface area contributed by atoms with Crippen LogP contribution in [0.2, 0.25) is 0 Å². The summed E-state index contributed by atoms with van der Waals surface area (Å²) in [4.78, 5) is 74.0. The largest absolute Gasteiger partial charge is 0.353 e. The van der Waals surface area contributed by atoms with Crippen LogP contribution in [0, 0.1) is 38.9 Å². The van der Waals surface area contributed by atoms with Gasteiger partial charge in [-0.15, -0.1) is 6.58 Å². The summed E-state index contributed by atoms with van der Waals surface area (Å²) in [5, 5.41) is 10.2. The third kappa shape index (κ3) is 7.17. The standard InChI is InChI=1S/C47H67N7O7S/c1-8-32-26-45(32,42(59)51-62(60,61)53-23-14-15-24-53)28-48-38(55)35-27-47(44(5,6)46(47)21-16-22-46)29-54(35)41(58)37(43(2,3)4)50-40(57)36(30-17-10-9-11-18-30)49-39(56)34-25-31-19-12-13-20-33(31)52(34)7/h8,12-13,19-20,25,30,32,35-37H,1,9-11,14-18,21-24,26-29H2,2-7H3,(H,48,55)(H,49,56)(H,50,57)(H,51,59)/t32-,35+,36+,37-,45-,47-/m1/s1. The first-order valence-electron chi connectivity index (χ1n) is 22.9. The highest BCUT2D eigenvalue weighted by Crippen LogP contribution is 2.88. The first-order valence-corrected chi connectivity index (χ1v) is 24.4. The van der Waals surface area contributed by atoms with Gasteiger partial charge in [0.15, 0.2) is 0 Å². The summed E-state index contributed by atoms with van der Waals surface area (Å²) in [7, 11) is -2.20. The van der Waals surface area contributed by atoms with E-state index in [2.05, 4.69) is 41.1 Å². The predicted molar refractivity (Wildman–Crippen MR) is 236 cm³/mol. The minimum Gasteiger partial charge on any atom is -0.353 e. The summed E-state index contributed by atoms with van der Waals surface area (Å²) in [6.45, 7) is 15.0. The molecule has 6 atom stereocenters. The van der Waals surface area contributed by atoms with E-state index in [0.29, 0.717) is 38.2 Å². The molecule has 4 aliphatic carbocycles. The quantitative estimate of drug-likeness (QED) is 0.206. The molecule has 6 fully saturated rings. The maximum atomic E-state index is 15.3. The van der Waals surface area contributed by atoms with Crippen molar-refractivity contribution in [3.63, 3.8) is 0 Å². The number of amides is 5. The Morgan fingerprint density at radius 1 is 0.919 bits per heavy atom. The van der Waals surface area contributed by atoms with Gasteiger partial charge in [-0.3, -0.25) is 24.0 Å². The average molecular weight is 874 g/mol. The van der Waals surface area contributed by atoms with Gasteiger partial charge in [0.1, 0.15) is 23.8 Å². The molecular formula is C47H67N7O7S. The van der Waals surface area contributed by atoms with Crippen molar-refractivity contribution in [3.05, 3.63) is 48.7 Å². The van der Waals surface area contributed by atoms with E-state index in [4.69, 9.17) is 0 Å². The molecule has 338 valence electrons. The van der Waals surface area contributed by atoms with Crippen LogP contribution in [0.15, 0.2) is 43.0 Å². The predicted octanol–water partition coefficient (Wildman–Crippen LogP) is 4.95. The first-order chi connectivity index (χ1) is 29.2. The van der Waals surface area contributed by atoms with E-state index in [9.17, 15) is 27.6 Å². The molecule has 4 N–H and O–H groups in total. The molecule has 62 heavy (non-hydrogen) atoms. The molecule has 2 aromatic rings. The lowest BCUT2D eigenvalue weighted by molar-refractivity contribution is -0.144. The zero-order valence-corrected chi connectivity index (χ0v) is 38.3. The molecular weight excluding hydrogens is 807 g/mol. The van der Waals surface area contributed by atoms with Crippen molar-refractivity contribution in [1.82, 2.24) is 34.4 Å². The molecule has 1 aromatic carbocycles. The molecule has 2 spiro atoms. The minimum atomic E-state index is -4.04. The van der Waals surface area contributed by atoms with Gasteiger partial charge in [-0.25, -0.2) is 4.72 Å². The van der Waals surface area contributed by atoms with E-state index in [1.54, 1.807) is 11.0 Å². The van der Waals surface area contributed by atoms with E-state index in [0.717, 1.165) is 75.1 Å². The Bertz CT molecular complexity index is 2260. The fraction of sp³-hybridized carbons (Fsp3) is 0.681. The van der Waals surface area contributed by atoms with Crippen LogP contribution in [0.25, 0.3) is 10.9 Å². The van der Waals surface area contributed by atoms with Crippen LogP contribution in [0.4, 0.5) is 0 Å². The van der Waals surface area contributed by atoms with E-state index in [1.807, 2.05) is 62.7 Å². The molecule has 1 aromatic heterocycles. The number of fused-ring (bicyclic) bond motifs is 2. The van der Waals surface area contributed by atoms with Gasteiger partial charge in [-0.05, 0) is 91.6 Å². The Balaban J connectivity index is 1.04. The Morgan fingerprint density at radius 2 is 1.60 bits per heavy atom. The number of aryl methyl sites for hydroxylation is 1. The molecule has 2 saturated heterocycles. The number of carbonyl (C=O) groups excluding carboxylic acids is 5. The van der Waals surface area contributed by atoms with E-state index >= 15 is 4.79 Å². The SMILES string of the molecule is C=C[C@@H]1C[C@]1(CNC(=O)[C@@H]1C[C@@]2(CN1C(=O)[C@@H](NC(=O)[C@@H](NC(=O)c1cc3ccccc3n1C)C1CCCCC1)C(C)(C)C)C(C)(C)C21CCC1)C(=O)NS(=O)(=O)N1CCCC1. The van der Waals surface area contributed by atoms with Crippen molar-refractivity contribution in [3.8, 4) is 0 Å². The summed E-state index contributed by atoms with van der Waals surface area (Å²) in [5.74, 6) is -2.66. The van der Waals surface area contributed by atoms with Crippen LogP contribution < -0.4 is 20.7 Å². The number of hydrogen-bond acceptors (Lipinski definition) is 7. The van der Waals surface area contributed by atoms with Gasteiger partial charge in [0.2, 0.25) is 23.6 Å². The second-order valence-electron chi connectivity index (χ2n) is 21.1. The monoisotopic (exact) mass is 873 g/mol. The summed E-state index contributed by atoms with van der Waals surface area (Å²) < 4.78 is 31.6. The Hall–Kier alpha value is -4.24. The van der Waals surface area contributed by atoms with Crippen molar-refractivity contribution in [2.45, 2.75) is 130 Å². The van der Waals surface area contributed by atoms with E-state index in [1.165, 1.54) is 4.31 Å². The first kappa shape index (κ1) is 44.4. The zero-order chi connectivity index (χ0) is 44.6. The lowest BCUT2D eigenvalue weighted by atomic mass is 9.73. The zero-order valence-electron chi connectivity index (χ0n) is 37.5. The molecule has 0 radical (unpaired) electrons. The number of para-hydroxylation sites is 1. The van der Waals surface area contributed by atoms with Crippen LogP contribution >= 0.6 is 0 Å². The van der Waals surface area contributed by atoms with Crippen molar-refractivity contribution < 1.29 is 32.4 Å². The van der Waals surface area contributed by atoms with Crippen molar-refractivity contribution in [2.75, 3.05) is 26.2 Å². The number of rotatable bonds is 13. The summed E-state index contributed by atoms with van der Waals surface area (Å²) in [6, 6.07) is 6.79. The summed E-state index contributed by atoms with van der Waals surface area (Å²) >= 11 is 0. The highest BCUT2D eigenvalue weighted by Gasteiger charge is 2.85. The number of nitrogens with one attached hydrogen (secondary N) is 4. The topological polar surface area (TPSA) is 179 Å². The molecule has 0 unspecified atom stereocenters. The molecule has 15 heteroatoms. The number of hydrogen-bond donors (Lipinski definition) is 4. The van der Waals surface area contributed by atoms with Crippen molar-refractivity contribution >= 4 is 50.6 Å². The van der Waals surface area contributed by atoms with Crippen LogP contribution in [-0.4, -0.2) is 96.0 Å². The van der Waals surface area contributed by atoms with Crippen molar-refractivity contribution in [1.29, 1.82) is 0 Å². The number of nitrogens with zero attached hydrogens (tertiary/aromatic N) is 3. The van der Waals surface area contributed by atoms with Gasteiger partial charge in [0.25, 0.3) is 5.91 Å². The number of benzene rings is 1. The molecule has 8 rings (SSSR count). The van der Waals surface area contributed by atoms with Gasteiger partial charge < -0.3 is 25.4 Å². The lowest BCUT2D eigenvalue weighted by Gasteiger charge is -2.38. The third-order valence-corrected chi connectivity index (χ3v) is 18.2. The summed E-state index contributed by atoms with van der Waals surface area (Å²) in [5.41, 5.74) is -1.04. The summed E-state index contributed by atoms with van der Waals surface area (Å²) in [6.07, 6.45) is 11.5. The van der Waals surface area contributed by atoms with Gasteiger partial charge in [0, 0.05) is 49.5 Å². The van der Waals surface area contributed by atoms with E-state index < -0.39 is 56.9 Å². The fourth-order valence-corrected chi connectivity index (χ4v) is 13.8. The smallest absolute Gasteiger partial charge is 0.303 e. The molecule has 4 saturated carbocycles. The second kappa shape index (κ2) is 15.8. The molecule has 5 amide bonds. The molecule has 2 aliphatic heterocycles. The van der Waals surface area contributed by atoms with Gasteiger partial charge in [-0.1, -0.05) is 84.6 Å². The van der Waals surface area contributed by atoms with Crippen molar-refractivity contribution in [2.24, 2.45) is 46.0 Å². The molecule has 14 nitrogen and oxygen atoms in total. The van der Waals surface area contributed by atoms with E-state index in [-0.39, 0.29) is 46.4 Å². The maximum Gasteiger partial charge on any atom is 0.303 e. The molecule has 3 heterocycles. The normalized spacial score (nSPS) is 28.8. The van der Waals surface area contributed by atoms with Crippen LogP contribution in [0.3, 0.4) is 0 Å². The maximum absolute atomic E-state index is 15.3. The number of allylic oxidation sites excluding steroid dienone is 1. The van der Waals surface area contributed by atoms with Crippen LogP contribution in [-0.2, 0) is 36.4 Å². The van der Waals surface area contributed by atoms with Crippen LogP contribution in [0.5, 0.6) is 0 Å². The average Bonchev–Trinajstić information content (AvgIpc) is 3.59. The lowest BCUT2D eigenvalue weighted by Crippen LogP contribution is -2.61. The van der Waals surface area contributed by atoms with Gasteiger partial charge in [0.05, 0.1) is 5.41 Å². The third-order valence-electron chi connectivity index (χ3n) is 16.7. The van der Waals surface area contributed by atoms with Gasteiger partial charge >= 0.3 is 10.2 Å². The highest BCUT2D eigenvalue weighted by molar-refractivity contribution is 7.87. The van der Waals surface area contributed by atoms with Crippen LogP contribution in [0.1, 0.15) is 122 Å². The highest BCUT2D eigenvalue weighted by atomic mass is 32.2. The minimum absolute atomic E-state index is 0.00160. The number of aromatic nitrogens is 1. The Kier molecular flexibility index (Phi) is 11.3. The second-order valence-corrected chi connectivity index (χ2v) is 22.8. The number of likely N-dealkylation sites (tertiary alicyclic amines) is 1. The Labute approximate surface area is 366 Å². The molecule has 6 aliphatic rings. The fourth-order valence-electron chi connectivity index (χ4n) is 12.5. The molecule has 0 bridgehead atoms. The number of carbonyl (C=O) groups is 5.